The van der Waals surface area contributed by atoms with Crippen molar-refractivity contribution in [3.05, 3.63) is 99.4 Å². The molecule has 0 saturated heterocycles. The fourth-order valence-electron chi connectivity index (χ4n) is 3.62. The summed E-state index contributed by atoms with van der Waals surface area (Å²) in [4.78, 5) is 23.3. The molecule has 0 bridgehead atoms. The van der Waals surface area contributed by atoms with E-state index in [0.29, 0.717) is 22.4 Å². The smallest absolute Gasteiger partial charge is 0.311 e. The van der Waals surface area contributed by atoms with Gasteiger partial charge >= 0.3 is 5.69 Å². The van der Waals surface area contributed by atoms with Gasteiger partial charge in [0.15, 0.2) is 6.29 Å². The third-order valence-electron chi connectivity index (χ3n) is 5.01. The molecule has 0 aliphatic rings. The Hall–Kier alpha value is -3.93. The lowest BCUT2D eigenvalue weighted by Gasteiger charge is -2.13. The number of nitro benzene ring substituents is 1. The van der Waals surface area contributed by atoms with Gasteiger partial charge in [-0.3, -0.25) is 14.9 Å². The quantitative estimate of drug-likeness (QED) is 0.243. The minimum absolute atomic E-state index is 0.121. The van der Waals surface area contributed by atoms with Crippen molar-refractivity contribution < 1.29 is 14.5 Å². The summed E-state index contributed by atoms with van der Waals surface area (Å²) in [5.74, 6) is 0.158. The van der Waals surface area contributed by atoms with Gasteiger partial charge in [-0.2, -0.15) is 0 Å². The van der Waals surface area contributed by atoms with Crippen LogP contribution in [0.5, 0.6) is 5.75 Å². The molecule has 0 radical (unpaired) electrons. The molecule has 6 nitrogen and oxygen atoms in total. The molecule has 0 saturated carbocycles. The lowest BCUT2D eigenvalue weighted by Crippen LogP contribution is -2.02. The van der Waals surface area contributed by atoms with Crippen LogP contribution in [0.1, 0.15) is 27.2 Å². The third-order valence-corrected chi connectivity index (χ3v) is 5.01. The summed E-state index contributed by atoms with van der Waals surface area (Å²) < 4.78 is 7.76. The van der Waals surface area contributed by atoms with Crippen molar-refractivity contribution >= 4 is 17.5 Å². The van der Waals surface area contributed by atoms with E-state index < -0.39 is 4.92 Å². The summed E-state index contributed by atoms with van der Waals surface area (Å²) in [5.41, 5.74) is 4.94. The minimum Gasteiger partial charge on any atom is -0.482 e. The van der Waals surface area contributed by atoms with E-state index in [1.54, 1.807) is 11.3 Å². The van der Waals surface area contributed by atoms with Crippen molar-refractivity contribution in [1.82, 2.24) is 4.40 Å². The first-order valence-electron chi connectivity index (χ1n) is 9.51. The molecule has 0 spiro atoms. The molecule has 0 fully saturated rings. The van der Waals surface area contributed by atoms with Gasteiger partial charge in [0.1, 0.15) is 6.61 Å². The number of fused-ring (bicyclic) bond motifs is 1. The van der Waals surface area contributed by atoms with Crippen molar-refractivity contribution in [1.29, 1.82) is 0 Å². The number of carbonyl (C=O) groups is 1. The number of rotatable bonds is 6. The molecular formula is C24H20N2O4. The van der Waals surface area contributed by atoms with Crippen LogP contribution in [0.3, 0.4) is 0 Å². The van der Waals surface area contributed by atoms with E-state index in [9.17, 15) is 14.9 Å². The number of benzene rings is 2. The van der Waals surface area contributed by atoms with E-state index in [1.165, 1.54) is 6.07 Å². The molecule has 6 heteroatoms. The largest absolute Gasteiger partial charge is 0.482 e. The number of nitrogens with zero attached hydrogens (tertiary/aromatic N) is 2. The number of hydrogen-bond donors (Lipinski definition) is 0. The first-order valence-corrected chi connectivity index (χ1v) is 9.51. The van der Waals surface area contributed by atoms with Crippen LogP contribution in [0.25, 0.3) is 16.6 Å². The highest BCUT2D eigenvalue weighted by Gasteiger charge is 2.24. The zero-order chi connectivity index (χ0) is 21.3. The van der Waals surface area contributed by atoms with Crippen LogP contribution in [0.4, 0.5) is 5.69 Å². The Kier molecular flexibility index (Phi) is 5.06. The third kappa shape index (κ3) is 3.55. The van der Waals surface area contributed by atoms with Gasteiger partial charge in [-0.15, -0.1) is 0 Å². The summed E-state index contributed by atoms with van der Waals surface area (Å²) in [6, 6.07) is 18.5. The van der Waals surface area contributed by atoms with Gasteiger partial charge in [-0.05, 0) is 54.8 Å². The van der Waals surface area contributed by atoms with E-state index in [0.717, 1.165) is 22.9 Å². The molecular weight excluding hydrogens is 380 g/mol. The molecule has 2 aromatic carbocycles. The maximum atomic E-state index is 12.0. The Balaban J connectivity index is 1.92. The van der Waals surface area contributed by atoms with Gasteiger partial charge in [-0.1, -0.05) is 30.3 Å². The molecule has 0 N–H and O–H groups in total. The summed E-state index contributed by atoms with van der Waals surface area (Å²) in [6.45, 7) is 3.94. The molecule has 0 aliphatic carbocycles. The monoisotopic (exact) mass is 400 g/mol. The van der Waals surface area contributed by atoms with Crippen LogP contribution in [0.2, 0.25) is 0 Å². The average molecular weight is 400 g/mol. The topological polar surface area (TPSA) is 73.8 Å². The Morgan fingerprint density at radius 1 is 1.00 bits per heavy atom. The molecule has 0 amide bonds. The van der Waals surface area contributed by atoms with Crippen LogP contribution < -0.4 is 4.74 Å². The molecule has 150 valence electrons. The van der Waals surface area contributed by atoms with Crippen molar-refractivity contribution in [3.63, 3.8) is 0 Å². The summed E-state index contributed by atoms with van der Waals surface area (Å²) in [5, 5.41) is 11.8. The van der Waals surface area contributed by atoms with Gasteiger partial charge in [0.05, 0.1) is 10.6 Å². The van der Waals surface area contributed by atoms with Gasteiger partial charge in [0.2, 0.25) is 5.75 Å². The highest BCUT2D eigenvalue weighted by Crippen LogP contribution is 2.41. The second-order valence-electron chi connectivity index (χ2n) is 7.25. The van der Waals surface area contributed by atoms with E-state index >= 15 is 0 Å². The molecule has 2 heterocycles. The predicted octanol–water partition coefficient (Wildman–Crippen LogP) is 5.52. The van der Waals surface area contributed by atoms with Crippen molar-refractivity contribution in [2.45, 2.75) is 20.5 Å². The number of nitro groups is 1. The number of ether oxygens (including phenoxy) is 1. The van der Waals surface area contributed by atoms with Gasteiger partial charge < -0.3 is 9.14 Å². The first kappa shape index (κ1) is 19.4. The van der Waals surface area contributed by atoms with Gasteiger partial charge in [0, 0.05) is 28.9 Å². The Morgan fingerprint density at radius 2 is 1.77 bits per heavy atom. The average Bonchev–Trinajstić information content (AvgIpc) is 3.10. The highest BCUT2D eigenvalue weighted by atomic mass is 16.6. The van der Waals surface area contributed by atoms with Crippen molar-refractivity contribution in [2.24, 2.45) is 0 Å². The molecule has 4 rings (SSSR count). The zero-order valence-electron chi connectivity index (χ0n) is 16.7. The van der Waals surface area contributed by atoms with Crippen LogP contribution in [0.15, 0.2) is 66.9 Å². The second-order valence-corrected chi connectivity index (χ2v) is 7.25. The minimum atomic E-state index is -0.447. The predicted molar refractivity (Wildman–Crippen MR) is 115 cm³/mol. The number of carbonyl (C=O) groups excluding carboxylic acids is 1. The Bertz CT molecular complexity index is 1260. The van der Waals surface area contributed by atoms with E-state index in [1.807, 2.05) is 67.7 Å². The van der Waals surface area contributed by atoms with Crippen molar-refractivity contribution in [3.8, 4) is 16.9 Å². The molecule has 0 unspecified atom stereocenters. The lowest BCUT2D eigenvalue weighted by atomic mass is 10.0. The first-order chi connectivity index (χ1) is 14.5. The Morgan fingerprint density at radius 3 is 2.47 bits per heavy atom. The van der Waals surface area contributed by atoms with E-state index in [2.05, 4.69) is 0 Å². The fourth-order valence-corrected chi connectivity index (χ4v) is 3.62. The van der Waals surface area contributed by atoms with Gasteiger partial charge in [-0.25, -0.2) is 0 Å². The summed E-state index contributed by atoms with van der Waals surface area (Å²) >= 11 is 0. The second kappa shape index (κ2) is 7.83. The lowest BCUT2D eigenvalue weighted by molar-refractivity contribution is -0.385. The maximum Gasteiger partial charge on any atom is 0.311 e. The molecule has 0 atom stereocenters. The van der Waals surface area contributed by atoms with E-state index in [4.69, 9.17) is 4.74 Å². The Labute approximate surface area is 173 Å². The van der Waals surface area contributed by atoms with Gasteiger partial charge in [0.25, 0.3) is 0 Å². The molecule has 4 aromatic rings. The number of hydrogen-bond acceptors (Lipinski definition) is 4. The number of aromatic nitrogens is 1. The van der Waals surface area contributed by atoms with Crippen LogP contribution >= 0.6 is 0 Å². The SMILES string of the molecule is Cc1cc(-c2cc3cc(C)ccn3c2C=O)c(OCc2ccccc2)c([N+](=O)[O-])c1. The van der Waals surface area contributed by atoms with Crippen molar-refractivity contribution in [2.75, 3.05) is 0 Å². The molecule has 0 aliphatic heterocycles. The fraction of sp³-hybridized carbons (Fsp3) is 0.125. The maximum absolute atomic E-state index is 12.0. The number of aldehydes is 1. The van der Waals surface area contributed by atoms with Crippen LogP contribution in [-0.2, 0) is 6.61 Å². The van der Waals surface area contributed by atoms with Crippen LogP contribution in [-0.4, -0.2) is 15.6 Å². The molecule has 2 aromatic heterocycles. The standard InChI is InChI=1S/C24H20N2O4/c1-16-8-9-25-19(10-16)13-20(23(25)14-27)21-11-17(2)12-22(26(28)29)24(21)30-15-18-6-4-3-5-7-18/h3-14H,15H2,1-2H3. The zero-order valence-corrected chi connectivity index (χ0v) is 16.7. The van der Waals surface area contributed by atoms with Crippen LogP contribution in [0, 0.1) is 24.0 Å². The summed E-state index contributed by atoms with van der Waals surface area (Å²) in [7, 11) is 0. The summed E-state index contributed by atoms with van der Waals surface area (Å²) in [6.07, 6.45) is 2.60. The highest BCUT2D eigenvalue weighted by molar-refractivity contribution is 5.93. The number of pyridine rings is 1. The normalized spacial score (nSPS) is 10.9. The number of aryl methyl sites for hydroxylation is 2. The molecule has 30 heavy (non-hydrogen) atoms. The van der Waals surface area contributed by atoms with E-state index in [-0.39, 0.29) is 18.0 Å².